The normalized spacial score (nSPS) is 13.9. The fourth-order valence-corrected chi connectivity index (χ4v) is 8.33. The maximum absolute atomic E-state index is 13.7. The van der Waals surface area contributed by atoms with Gasteiger partial charge in [0, 0.05) is 78.2 Å². The average Bonchev–Trinajstić information content (AvgIpc) is 3.41. The molecule has 13 nitrogen and oxygen atoms in total. The molecule has 1 atom stereocenters. The molecular formula is C41H42N5O8P. The average molecular weight is 764 g/mol. The lowest BCUT2D eigenvalue weighted by Gasteiger charge is -2.37. The van der Waals surface area contributed by atoms with Gasteiger partial charge in [0.1, 0.15) is 17.2 Å². The maximum atomic E-state index is 13.7. The summed E-state index contributed by atoms with van der Waals surface area (Å²) in [6.45, 7) is 11.5. The fourth-order valence-electron chi connectivity index (χ4n) is 6.75. The van der Waals surface area contributed by atoms with E-state index in [1.54, 1.807) is 54.6 Å². The number of hydrogen-bond donors (Lipinski definition) is 3. The van der Waals surface area contributed by atoms with E-state index in [0.29, 0.717) is 50.9 Å². The van der Waals surface area contributed by atoms with Gasteiger partial charge < -0.3 is 34.5 Å². The van der Waals surface area contributed by atoms with E-state index >= 15 is 0 Å². The Morgan fingerprint density at radius 1 is 0.836 bits per heavy atom. The van der Waals surface area contributed by atoms with E-state index in [4.69, 9.17) is 23.8 Å². The van der Waals surface area contributed by atoms with Crippen molar-refractivity contribution in [2.45, 2.75) is 72.2 Å². The summed E-state index contributed by atoms with van der Waals surface area (Å²) in [7, 11) is -1.47. The molecule has 0 fully saturated rings. The van der Waals surface area contributed by atoms with Gasteiger partial charge >= 0.3 is 14.5 Å². The van der Waals surface area contributed by atoms with E-state index in [2.05, 4.69) is 54.4 Å². The van der Waals surface area contributed by atoms with Gasteiger partial charge in [-0.2, -0.15) is 5.26 Å². The number of ether oxygens (including phenoxy) is 2. The zero-order valence-electron chi connectivity index (χ0n) is 31.4. The summed E-state index contributed by atoms with van der Waals surface area (Å²) in [5.74, 6) is -0.252. The molecule has 1 unspecified atom stereocenters. The Bertz CT molecular complexity index is 2110. The van der Waals surface area contributed by atoms with Gasteiger partial charge in [0.15, 0.2) is 5.60 Å². The molecule has 1 spiro atoms. The van der Waals surface area contributed by atoms with Gasteiger partial charge in [-0.1, -0.05) is 12.1 Å². The van der Waals surface area contributed by atoms with Gasteiger partial charge in [-0.05, 0) is 87.9 Å². The summed E-state index contributed by atoms with van der Waals surface area (Å²) >= 11 is 0. The van der Waals surface area contributed by atoms with Crippen molar-refractivity contribution >= 4 is 43.6 Å². The number of hydrogen-bond acceptors (Lipinski definition) is 10. The van der Waals surface area contributed by atoms with Crippen LogP contribution in [0.25, 0.3) is 0 Å². The number of carbonyl (C=O) groups is 4. The lowest BCUT2D eigenvalue weighted by atomic mass is 9.77. The van der Waals surface area contributed by atoms with Crippen LogP contribution in [0.2, 0.25) is 0 Å². The highest BCUT2D eigenvalue weighted by Gasteiger charge is 2.54. The first-order chi connectivity index (χ1) is 26.3. The standard InChI is InChI=1S/C41H42N5O8P/c1-24(2)46(25(3)4)55(51-19-7-18-42)54-32-13-8-28(9-14-32)23-43-39(49)29-10-15-33-36(20-29)41(53-40(33)50)34-16-11-30(44-26(5)47)21-37(34)52-38-22-31(45-27(6)48)12-17-35(38)41/h8-17,20-22,24-25H,7,19,23H2,1-6H3,(H,43,49)(H,44,47)(H,45,48). The van der Waals surface area contributed by atoms with Crippen molar-refractivity contribution in [3.8, 4) is 23.3 Å². The lowest BCUT2D eigenvalue weighted by Crippen LogP contribution is -2.34. The van der Waals surface area contributed by atoms with Crippen LogP contribution in [-0.4, -0.2) is 47.1 Å². The number of carbonyl (C=O) groups excluding carboxylic acids is 4. The van der Waals surface area contributed by atoms with E-state index in [0.717, 1.165) is 5.56 Å². The molecule has 0 saturated carbocycles. The number of anilines is 2. The zero-order chi connectivity index (χ0) is 39.4. The predicted molar refractivity (Wildman–Crippen MR) is 207 cm³/mol. The Morgan fingerprint density at radius 2 is 1.44 bits per heavy atom. The first-order valence-corrected chi connectivity index (χ1v) is 19.0. The van der Waals surface area contributed by atoms with Crippen LogP contribution in [0.4, 0.5) is 11.4 Å². The van der Waals surface area contributed by atoms with E-state index in [9.17, 15) is 19.2 Å². The van der Waals surface area contributed by atoms with Gasteiger partial charge in [-0.15, -0.1) is 0 Å². The largest absolute Gasteiger partial charge is 0.456 e. The minimum atomic E-state index is -1.50. The minimum Gasteiger partial charge on any atom is -0.456 e. The topological polar surface area (TPSA) is 168 Å². The number of rotatable bonds is 13. The molecule has 14 heteroatoms. The van der Waals surface area contributed by atoms with Crippen molar-refractivity contribution < 1.29 is 37.7 Å². The molecule has 284 valence electrons. The number of esters is 1. The van der Waals surface area contributed by atoms with Crippen molar-refractivity contribution in [3.63, 3.8) is 0 Å². The van der Waals surface area contributed by atoms with E-state index < -0.39 is 20.1 Å². The van der Waals surface area contributed by atoms with Crippen molar-refractivity contribution in [1.29, 1.82) is 5.26 Å². The second-order valence-corrected chi connectivity index (χ2v) is 15.1. The zero-order valence-corrected chi connectivity index (χ0v) is 32.3. The number of nitrogens with one attached hydrogen (secondary N) is 3. The molecule has 4 aromatic rings. The van der Waals surface area contributed by atoms with Crippen LogP contribution in [0.5, 0.6) is 17.2 Å². The third-order valence-corrected chi connectivity index (χ3v) is 11.0. The van der Waals surface area contributed by atoms with Crippen LogP contribution in [0.15, 0.2) is 78.9 Å². The highest BCUT2D eigenvalue weighted by molar-refractivity contribution is 7.45. The predicted octanol–water partition coefficient (Wildman–Crippen LogP) is 7.76. The van der Waals surface area contributed by atoms with Crippen LogP contribution in [0.1, 0.15) is 90.9 Å². The molecule has 4 aromatic carbocycles. The third kappa shape index (κ3) is 8.17. The second-order valence-electron chi connectivity index (χ2n) is 13.7. The molecule has 2 aliphatic heterocycles. The van der Waals surface area contributed by atoms with Gasteiger partial charge in [-0.25, -0.2) is 9.46 Å². The second kappa shape index (κ2) is 16.3. The fraction of sp³-hybridized carbons (Fsp3) is 0.293. The van der Waals surface area contributed by atoms with Crippen molar-refractivity contribution in [1.82, 2.24) is 9.99 Å². The van der Waals surface area contributed by atoms with Crippen molar-refractivity contribution in [3.05, 3.63) is 112 Å². The number of amides is 3. The van der Waals surface area contributed by atoms with Crippen molar-refractivity contribution in [2.75, 3.05) is 17.2 Å². The smallest absolute Gasteiger partial charge is 0.340 e. The number of benzene rings is 4. The van der Waals surface area contributed by atoms with Gasteiger partial charge in [0.2, 0.25) is 11.8 Å². The van der Waals surface area contributed by atoms with Gasteiger partial charge in [0.05, 0.1) is 24.7 Å². The molecule has 0 aromatic heterocycles. The Hall–Kier alpha value is -5.80. The summed E-state index contributed by atoms with van der Waals surface area (Å²) in [6.07, 6.45) is 0.260. The Morgan fingerprint density at radius 3 is 1.98 bits per heavy atom. The molecule has 0 bridgehead atoms. The van der Waals surface area contributed by atoms with E-state index in [1.807, 2.05) is 24.3 Å². The Labute approximate surface area is 320 Å². The van der Waals surface area contributed by atoms with E-state index in [-0.39, 0.29) is 54.9 Å². The number of nitrogens with zero attached hydrogens (tertiary/aromatic N) is 2. The van der Waals surface area contributed by atoms with Crippen LogP contribution < -0.4 is 25.2 Å². The highest BCUT2D eigenvalue weighted by atomic mass is 31.2. The maximum Gasteiger partial charge on any atom is 0.340 e. The number of nitriles is 1. The van der Waals surface area contributed by atoms with Gasteiger partial charge in [0.25, 0.3) is 5.91 Å². The molecule has 3 N–H and O–H groups in total. The third-order valence-electron chi connectivity index (χ3n) is 8.93. The molecule has 2 aliphatic rings. The molecule has 0 radical (unpaired) electrons. The molecule has 3 amide bonds. The molecule has 6 rings (SSSR count). The lowest BCUT2D eigenvalue weighted by molar-refractivity contribution is -0.115. The summed E-state index contributed by atoms with van der Waals surface area (Å²) in [5.41, 5.74) is 2.30. The van der Waals surface area contributed by atoms with Crippen molar-refractivity contribution in [2.24, 2.45) is 0 Å². The first kappa shape index (κ1) is 38.9. The molecule has 0 saturated heterocycles. The van der Waals surface area contributed by atoms with Crippen LogP contribution in [0, 0.1) is 11.3 Å². The summed E-state index contributed by atoms with van der Waals surface area (Å²) in [4.78, 5) is 50.9. The molecular weight excluding hydrogens is 721 g/mol. The number of fused-ring (bicyclic) bond motifs is 6. The van der Waals surface area contributed by atoms with Gasteiger partial charge in [-0.3, -0.25) is 14.4 Å². The highest BCUT2D eigenvalue weighted by Crippen LogP contribution is 2.57. The Kier molecular flexibility index (Phi) is 11.5. The monoisotopic (exact) mass is 763 g/mol. The first-order valence-electron chi connectivity index (χ1n) is 17.8. The SMILES string of the molecule is CC(=O)Nc1ccc2c(c1)Oc1cc(NC(C)=O)ccc1C21OC(=O)c2ccc(C(=O)NCc3ccc(OP(OCCC#N)N(C(C)C)C(C)C)cc3)cc21. The molecule has 0 aliphatic carbocycles. The summed E-state index contributed by atoms with van der Waals surface area (Å²) in [5, 5.41) is 17.5. The summed E-state index contributed by atoms with van der Waals surface area (Å²) in [6, 6.07) is 24.7. The minimum absolute atomic E-state index is 0.156. The van der Waals surface area contributed by atoms with Crippen LogP contribution >= 0.6 is 8.53 Å². The Balaban J connectivity index is 1.26. The van der Waals surface area contributed by atoms with Crippen LogP contribution in [0.3, 0.4) is 0 Å². The summed E-state index contributed by atoms with van der Waals surface area (Å²) < 4.78 is 27.0. The van der Waals surface area contributed by atoms with Crippen LogP contribution in [-0.2, 0) is 31.0 Å². The molecule has 2 heterocycles. The quantitative estimate of drug-likeness (QED) is 0.0696. The van der Waals surface area contributed by atoms with E-state index in [1.165, 1.54) is 13.8 Å². The molecule has 55 heavy (non-hydrogen) atoms.